The van der Waals surface area contributed by atoms with Crippen LogP contribution in [-0.2, 0) is 17.2 Å². The molecule has 102 valence electrons. The van der Waals surface area contributed by atoms with Gasteiger partial charge in [0.05, 0.1) is 24.2 Å². The summed E-state index contributed by atoms with van der Waals surface area (Å²) in [6.45, 7) is 5.63. The van der Waals surface area contributed by atoms with Gasteiger partial charge in [0.2, 0.25) is 0 Å². The quantitative estimate of drug-likeness (QED) is 0.915. The molecule has 2 heterocycles. The molecule has 0 aliphatic carbocycles. The van der Waals surface area contributed by atoms with Crippen molar-refractivity contribution in [3.05, 3.63) is 29.6 Å². The topological polar surface area (TPSA) is 53.1 Å². The first-order valence-corrected chi connectivity index (χ1v) is 6.79. The van der Waals surface area contributed by atoms with Crippen molar-refractivity contribution < 1.29 is 4.74 Å². The zero-order chi connectivity index (χ0) is 13.6. The summed E-state index contributed by atoms with van der Waals surface area (Å²) in [5.74, 6) is 1.04. The van der Waals surface area contributed by atoms with E-state index in [1.807, 2.05) is 6.92 Å². The number of fused-ring (bicyclic) bond motifs is 1. The summed E-state index contributed by atoms with van der Waals surface area (Å²) in [5.41, 5.74) is 9.63. The van der Waals surface area contributed by atoms with E-state index in [0.29, 0.717) is 0 Å². The molecule has 3 rings (SSSR count). The third-order valence-corrected chi connectivity index (χ3v) is 4.19. The van der Waals surface area contributed by atoms with Crippen LogP contribution in [-0.4, -0.2) is 28.8 Å². The molecule has 1 fully saturated rings. The minimum Gasteiger partial charge on any atom is -0.379 e. The fourth-order valence-electron chi connectivity index (χ4n) is 3.02. The number of aryl methyl sites for hydroxylation is 2. The Kier molecular flexibility index (Phi) is 2.87. The second-order valence-corrected chi connectivity index (χ2v) is 5.88. The standard InChI is InChI=1S/C15H21N3O/c1-10(16)7-15(8-19-9-15)12-4-5-14-13(6-12)17-11(2)18(14)3/h4-6,10H,7-9,16H2,1-3H3. The van der Waals surface area contributed by atoms with Crippen LogP contribution in [0.4, 0.5) is 0 Å². The smallest absolute Gasteiger partial charge is 0.106 e. The second kappa shape index (κ2) is 4.32. The Hall–Kier alpha value is -1.39. The maximum absolute atomic E-state index is 5.99. The Balaban J connectivity index is 2.05. The molecule has 1 saturated heterocycles. The van der Waals surface area contributed by atoms with Crippen molar-refractivity contribution in [3.63, 3.8) is 0 Å². The summed E-state index contributed by atoms with van der Waals surface area (Å²) in [4.78, 5) is 4.62. The van der Waals surface area contributed by atoms with E-state index in [1.165, 1.54) is 11.1 Å². The Morgan fingerprint density at radius 3 is 2.79 bits per heavy atom. The number of rotatable bonds is 3. The highest BCUT2D eigenvalue weighted by atomic mass is 16.5. The fraction of sp³-hybridized carbons (Fsp3) is 0.533. The van der Waals surface area contributed by atoms with Crippen molar-refractivity contribution in [2.45, 2.75) is 31.7 Å². The molecular formula is C15H21N3O. The summed E-state index contributed by atoms with van der Waals surface area (Å²) in [5, 5.41) is 0. The second-order valence-electron chi connectivity index (χ2n) is 5.88. The summed E-state index contributed by atoms with van der Waals surface area (Å²) < 4.78 is 7.57. The highest BCUT2D eigenvalue weighted by Gasteiger charge is 2.41. The first kappa shape index (κ1) is 12.6. The van der Waals surface area contributed by atoms with Gasteiger partial charge in [0.1, 0.15) is 5.82 Å². The molecule has 0 bridgehead atoms. The number of aromatic nitrogens is 2. The maximum atomic E-state index is 5.99. The van der Waals surface area contributed by atoms with Crippen molar-refractivity contribution >= 4 is 11.0 Å². The molecule has 4 nitrogen and oxygen atoms in total. The van der Waals surface area contributed by atoms with E-state index in [0.717, 1.165) is 31.0 Å². The third kappa shape index (κ3) is 1.95. The van der Waals surface area contributed by atoms with Crippen LogP contribution in [0.1, 0.15) is 24.7 Å². The highest BCUT2D eigenvalue weighted by molar-refractivity contribution is 5.77. The molecule has 4 heteroatoms. The number of hydrogen-bond donors (Lipinski definition) is 1. The van der Waals surface area contributed by atoms with Crippen LogP contribution < -0.4 is 5.73 Å². The molecule has 1 unspecified atom stereocenters. The van der Waals surface area contributed by atoms with Gasteiger partial charge in [-0.1, -0.05) is 6.07 Å². The van der Waals surface area contributed by atoms with Gasteiger partial charge >= 0.3 is 0 Å². The molecule has 0 radical (unpaired) electrons. The average Bonchev–Trinajstić information content (AvgIpc) is 2.59. The summed E-state index contributed by atoms with van der Waals surface area (Å²) in [6, 6.07) is 6.75. The lowest BCUT2D eigenvalue weighted by Crippen LogP contribution is -2.49. The number of nitrogens with zero attached hydrogens (tertiary/aromatic N) is 2. The molecule has 0 spiro atoms. The van der Waals surface area contributed by atoms with E-state index in [2.05, 4.69) is 41.7 Å². The lowest BCUT2D eigenvalue weighted by Gasteiger charge is -2.43. The van der Waals surface area contributed by atoms with Gasteiger partial charge in [0.15, 0.2) is 0 Å². The van der Waals surface area contributed by atoms with Gasteiger partial charge < -0.3 is 15.0 Å². The van der Waals surface area contributed by atoms with Crippen molar-refractivity contribution in [3.8, 4) is 0 Å². The van der Waals surface area contributed by atoms with Crippen LogP contribution in [0.5, 0.6) is 0 Å². The SMILES string of the molecule is Cc1nc2cc(C3(CC(C)N)COC3)ccc2n1C. The summed E-state index contributed by atoms with van der Waals surface area (Å²) in [7, 11) is 2.05. The minimum atomic E-state index is 0.0911. The normalized spacial score (nSPS) is 19.4. The molecule has 1 aliphatic rings. The predicted octanol–water partition coefficient (Wildman–Crippen LogP) is 1.89. The highest BCUT2D eigenvalue weighted by Crippen LogP contribution is 2.37. The number of benzene rings is 1. The zero-order valence-corrected chi connectivity index (χ0v) is 11.8. The molecule has 1 aromatic carbocycles. The lowest BCUT2D eigenvalue weighted by molar-refractivity contribution is -0.0664. The van der Waals surface area contributed by atoms with E-state index in [-0.39, 0.29) is 11.5 Å². The fourth-order valence-corrected chi connectivity index (χ4v) is 3.02. The van der Waals surface area contributed by atoms with E-state index in [4.69, 9.17) is 10.5 Å². The van der Waals surface area contributed by atoms with E-state index < -0.39 is 0 Å². The Morgan fingerprint density at radius 1 is 1.47 bits per heavy atom. The van der Waals surface area contributed by atoms with Crippen LogP contribution in [0.15, 0.2) is 18.2 Å². The van der Waals surface area contributed by atoms with Crippen LogP contribution in [0.3, 0.4) is 0 Å². The van der Waals surface area contributed by atoms with Crippen LogP contribution in [0.2, 0.25) is 0 Å². The third-order valence-electron chi connectivity index (χ3n) is 4.19. The van der Waals surface area contributed by atoms with E-state index >= 15 is 0 Å². The van der Waals surface area contributed by atoms with Crippen LogP contribution in [0.25, 0.3) is 11.0 Å². The van der Waals surface area contributed by atoms with Crippen molar-refractivity contribution in [1.29, 1.82) is 0 Å². The van der Waals surface area contributed by atoms with Crippen LogP contribution >= 0.6 is 0 Å². The molecule has 2 aromatic rings. The van der Waals surface area contributed by atoms with Crippen molar-refractivity contribution in [2.24, 2.45) is 12.8 Å². The maximum Gasteiger partial charge on any atom is 0.106 e. The molecule has 1 atom stereocenters. The summed E-state index contributed by atoms with van der Waals surface area (Å²) in [6.07, 6.45) is 0.963. The Morgan fingerprint density at radius 2 is 2.21 bits per heavy atom. The first-order valence-electron chi connectivity index (χ1n) is 6.79. The van der Waals surface area contributed by atoms with Crippen LogP contribution in [0, 0.1) is 6.92 Å². The molecular weight excluding hydrogens is 238 g/mol. The molecule has 19 heavy (non-hydrogen) atoms. The zero-order valence-electron chi connectivity index (χ0n) is 11.8. The molecule has 0 saturated carbocycles. The number of hydrogen-bond acceptors (Lipinski definition) is 3. The molecule has 2 N–H and O–H groups in total. The Labute approximate surface area is 113 Å². The number of imidazole rings is 1. The Bertz CT molecular complexity index is 611. The van der Waals surface area contributed by atoms with Gasteiger partial charge in [-0.25, -0.2) is 4.98 Å². The van der Waals surface area contributed by atoms with E-state index in [1.54, 1.807) is 0 Å². The molecule has 1 aromatic heterocycles. The van der Waals surface area contributed by atoms with Gasteiger partial charge in [-0.05, 0) is 38.0 Å². The average molecular weight is 259 g/mol. The van der Waals surface area contributed by atoms with Crippen molar-refractivity contribution in [1.82, 2.24) is 9.55 Å². The lowest BCUT2D eigenvalue weighted by atomic mass is 9.74. The van der Waals surface area contributed by atoms with Gasteiger partial charge in [-0.2, -0.15) is 0 Å². The van der Waals surface area contributed by atoms with E-state index in [9.17, 15) is 0 Å². The van der Waals surface area contributed by atoms with Gasteiger partial charge in [-0.15, -0.1) is 0 Å². The molecule has 1 aliphatic heterocycles. The number of nitrogens with two attached hydrogens (primary N) is 1. The largest absolute Gasteiger partial charge is 0.379 e. The minimum absolute atomic E-state index is 0.0911. The summed E-state index contributed by atoms with van der Waals surface area (Å²) >= 11 is 0. The van der Waals surface area contributed by atoms with Crippen molar-refractivity contribution in [2.75, 3.05) is 13.2 Å². The first-order chi connectivity index (χ1) is 9.02. The number of ether oxygens (including phenoxy) is 1. The van der Waals surface area contributed by atoms with Gasteiger partial charge in [-0.3, -0.25) is 0 Å². The predicted molar refractivity (Wildman–Crippen MR) is 76.2 cm³/mol. The monoisotopic (exact) mass is 259 g/mol. The molecule has 0 amide bonds. The van der Waals surface area contributed by atoms with Gasteiger partial charge in [0.25, 0.3) is 0 Å². The van der Waals surface area contributed by atoms with Gasteiger partial charge in [0, 0.05) is 18.5 Å².